The van der Waals surface area contributed by atoms with Crippen LogP contribution in [0.3, 0.4) is 0 Å². The molecule has 2 atom stereocenters. The molecule has 1 aliphatic rings. The van der Waals surface area contributed by atoms with Crippen molar-refractivity contribution < 1.29 is 23.6 Å². The smallest absolute Gasteiger partial charge is 0.290 e. The topological polar surface area (TPSA) is 99.9 Å². The molecular formula is C25H23N3O5. The fourth-order valence-electron chi connectivity index (χ4n) is 4.01. The molecule has 1 saturated heterocycles. The Morgan fingerprint density at radius 1 is 1.03 bits per heavy atom. The molecule has 1 aliphatic heterocycles. The maximum Gasteiger partial charge on any atom is 0.290 e. The lowest BCUT2D eigenvalue weighted by molar-refractivity contribution is -0.123. The second-order valence-electron chi connectivity index (χ2n) is 7.79. The van der Waals surface area contributed by atoms with Crippen molar-refractivity contribution in [2.45, 2.75) is 32.4 Å². The van der Waals surface area contributed by atoms with Gasteiger partial charge in [0.1, 0.15) is 6.04 Å². The monoisotopic (exact) mass is 445 g/mol. The number of furan rings is 1. The zero-order valence-electron chi connectivity index (χ0n) is 18.2. The van der Waals surface area contributed by atoms with Crippen LogP contribution in [0, 0.1) is 0 Å². The highest BCUT2D eigenvalue weighted by Gasteiger charge is 2.46. The third kappa shape index (κ3) is 4.41. The number of nitrogens with one attached hydrogen (secondary N) is 1. The summed E-state index contributed by atoms with van der Waals surface area (Å²) in [6.45, 7) is 3.21. The number of hydrogen-bond acceptors (Lipinski definition) is 5. The number of nitrogens with zero attached hydrogens (tertiary/aromatic N) is 2. The first-order valence-electron chi connectivity index (χ1n) is 10.5. The first kappa shape index (κ1) is 22.0. The van der Waals surface area contributed by atoms with Crippen LogP contribution in [-0.4, -0.2) is 34.6 Å². The van der Waals surface area contributed by atoms with E-state index in [1.807, 2.05) is 37.3 Å². The molecule has 4 rings (SSSR count). The Kier molecular flexibility index (Phi) is 6.08. The molecule has 1 aromatic heterocycles. The number of benzene rings is 2. The Morgan fingerprint density at radius 2 is 1.73 bits per heavy atom. The average molecular weight is 445 g/mol. The zero-order chi connectivity index (χ0) is 23.5. The molecule has 0 aliphatic carbocycles. The van der Waals surface area contributed by atoms with Gasteiger partial charge in [-0.1, -0.05) is 30.3 Å². The van der Waals surface area contributed by atoms with Crippen molar-refractivity contribution in [2.24, 2.45) is 0 Å². The summed E-state index contributed by atoms with van der Waals surface area (Å²) in [4.78, 5) is 53.5. The largest absolute Gasteiger partial charge is 0.459 e. The molecule has 2 heterocycles. The third-order valence-corrected chi connectivity index (χ3v) is 5.57. The van der Waals surface area contributed by atoms with Crippen LogP contribution in [-0.2, 0) is 14.4 Å². The van der Waals surface area contributed by atoms with E-state index in [2.05, 4.69) is 5.32 Å². The Hall–Kier alpha value is -4.20. The molecule has 0 bridgehead atoms. The van der Waals surface area contributed by atoms with Crippen molar-refractivity contribution in [3.8, 4) is 0 Å². The van der Waals surface area contributed by atoms with Crippen molar-refractivity contribution in [3.63, 3.8) is 0 Å². The molecule has 168 valence electrons. The van der Waals surface area contributed by atoms with E-state index in [0.29, 0.717) is 11.4 Å². The van der Waals surface area contributed by atoms with Gasteiger partial charge in [-0.25, -0.2) is 4.90 Å². The lowest BCUT2D eigenvalue weighted by Gasteiger charge is -2.33. The Bertz CT molecular complexity index is 1170. The van der Waals surface area contributed by atoms with Crippen LogP contribution >= 0.6 is 0 Å². The van der Waals surface area contributed by atoms with Gasteiger partial charge in [0.25, 0.3) is 11.8 Å². The predicted molar refractivity (Wildman–Crippen MR) is 121 cm³/mol. The van der Waals surface area contributed by atoms with Gasteiger partial charge >= 0.3 is 0 Å². The van der Waals surface area contributed by atoms with Crippen LogP contribution in [0.4, 0.5) is 11.4 Å². The van der Waals surface area contributed by atoms with Crippen LogP contribution in [0.1, 0.15) is 42.4 Å². The lowest BCUT2D eigenvalue weighted by Crippen LogP contribution is -2.46. The van der Waals surface area contributed by atoms with Crippen molar-refractivity contribution in [3.05, 3.63) is 84.3 Å². The second kappa shape index (κ2) is 9.12. The number of hydrogen-bond donors (Lipinski definition) is 1. The summed E-state index contributed by atoms with van der Waals surface area (Å²) in [5.74, 6) is -1.50. The van der Waals surface area contributed by atoms with Gasteiger partial charge in [-0.15, -0.1) is 0 Å². The van der Waals surface area contributed by atoms with Crippen LogP contribution < -0.4 is 10.2 Å². The highest BCUT2D eigenvalue weighted by Crippen LogP contribution is 2.33. The molecule has 2 aromatic carbocycles. The Labute approximate surface area is 190 Å². The first-order valence-corrected chi connectivity index (χ1v) is 10.5. The molecule has 8 heteroatoms. The second-order valence-corrected chi connectivity index (χ2v) is 7.79. The first-order chi connectivity index (χ1) is 15.9. The highest BCUT2D eigenvalue weighted by molar-refractivity contribution is 6.23. The SMILES string of the molecule is CC(=O)Nc1ccc(N2C(=O)CC(N(C(=O)c3ccco3)C(C)c3ccccc3)C2=O)cc1. The van der Waals surface area contributed by atoms with Gasteiger partial charge in [0.05, 0.1) is 24.4 Å². The van der Waals surface area contributed by atoms with Crippen LogP contribution in [0.2, 0.25) is 0 Å². The number of imide groups is 1. The zero-order valence-corrected chi connectivity index (χ0v) is 18.2. The summed E-state index contributed by atoms with van der Waals surface area (Å²) in [7, 11) is 0. The van der Waals surface area contributed by atoms with Gasteiger partial charge in [0, 0.05) is 12.6 Å². The maximum absolute atomic E-state index is 13.4. The molecule has 8 nitrogen and oxygen atoms in total. The highest BCUT2D eigenvalue weighted by atomic mass is 16.3. The molecule has 4 amide bonds. The summed E-state index contributed by atoms with van der Waals surface area (Å²) >= 11 is 0. The average Bonchev–Trinajstić information content (AvgIpc) is 3.43. The van der Waals surface area contributed by atoms with E-state index in [9.17, 15) is 19.2 Å². The summed E-state index contributed by atoms with van der Waals surface area (Å²) in [5, 5.41) is 2.65. The quantitative estimate of drug-likeness (QED) is 0.582. The predicted octanol–water partition coefficient (Wildman–Crippen LogP) is 3.77. The summed E-state index contributed by atoms with van der Waals surface area (Å²) in [6.07, 6.45) is 1.25. The number of amides is 4. The fraction of sp³-hybridized carbons (Fsp3) is 0.200. The normalized spacial score (nSPS) is 16.5. The van der Waals surface area contributed by atoms with Crippen LogP contribution in [0.25, 0.3) is 0 Å². The van der Waals surface area contributed by atoms with E-state index in [4.69, 9.17) is 4.42 Å². The van der Waals surface area contributed by atoms with Gasteiger partial charge in [-0.3, -0.25) is 19.2 Å². The number of carbonyl (C=O) groups is 4. The van der Waals surface area contributed by atoms with E-state index in [1.54, 1.807) is 30.3 Å². The molecule has 2 unspecified atom stereocenters. The lowest BCUT2D eigenvalue weighted by atomic mass is 10.0. The molecule has 0 saturated carbocycles. The van der Waals surface area contributed by atoms with Gasteiger partial charge in [0.2, 0.25) is 11.8 Å². The molecule has 0 radical (unpaired) electrons. The standard InChI is InChI=1S/C25H23N3O5/c1-16(18-7-4-3-5-8-18)27(25(32)22-9-6-14-33-22)21-15-23(30)28(24(21)31)20-12-10-19(11-13-20)26-17(2)29/h3-14,16,21H,15H2,1-2H3,(H,26,29). The van der Waals surface area contributed by atoms with E-state index in [-0.39, 0.29) is 18.1 Å². The van der Waals surface area contributed by atoms with E-state index in [1.165, 1.54) is 24.2 Å². The maximum atomic E-state index is 13.4. The van der Waals surface area contributed by atoms with Crippen molar-refractivity contribution in [1.29, 1.82) is 0 Å². The fourth-order valence-corrected chi connectivity index (χ4v) is 4.01. The van der Waals surface area contributed by atoms with Gasteiger partial charge in [0.15, 0.2) is 5.76 Å². The molecule has 3 aromatic rings. The minimum Gasteiger partial charge on any atom is -0.459 e. The molecule has 1 N–H and O–H groups in total. The van der Waals surface area contributed by atoms with Crippen LogP contribution in [0.15, 0.2) is 77.4 Å². The minimum atomic E-state index is -0.986. The third-order valence-electron chi connectivity index (χ3n) is 5.57. The number of anilines is 2. The van der Waals surface area contributed by atoms with Crippen molar-refractivity contribution in [1.82, 2.24) is 4.90 Å². The Balaban J connectivity index is 1.66. The van der Waals surface area contributed by atoms with E-state index >= 15 is 0 Å². The molecule has 1 fully saturated rings. The van der Waals surface area contributed by atoms with Gasteiger partial charge < -0.3 is 14.6 Å². The van der Waals surface area contributed by atoms with Gasteiger partial charge in [-0.05, 0) is 48.9 Å². The number of rotatable bonds is 6. The van der Waals surface area contributed by atoms with Gasteiger partial charge in [-0.2, -0.15) is 0 Å². The summed E-state index contributed by atoms with van der Waals surface area (Å²) in [6, 6.07) is 17.4. The van der Waals surface area contributed by atoms with Crippen molar-refractivity contribution in [2.75, 3.05) is 10.2 Å². The van der Waals surface area contributed by atoms with E-state index < -0.39 is 29.8 Å². The van der Waals surface area contributed by atoms with Crippen molar-refractivity contribution >= 4 is 35.0 Å². The van der Waals surface area contributed by atoms with E-state index in [0.717, 1.165) is 10.5 Å². The van der Waals surface area contributed by atoms with Crippen LogP contribution in [0.5, 0.6) is 0 Å². The molecule has 0 spiro atoms. The summed E-state index contributed by atoms with van der Waals surface area (Å²) < 4.78 is 5.30. The number of carbonyl (C=O) groups excluding carboxylic acids is 4. The minimum absolute atomic E-state index is 0.0936. The summed E-state index contributed by atoms with van der Waals surface area (Å²) in [5.41, 5.74) is 1.75. The molecule has 33 heavy (non-hydrogen) atoms. The Morgan fingerprint density at radius 3 is 2.33 bits per heavy atom. The molecular weight excluding hydrogens is 422 g/mol.